The number of ether oxygens (including phenoxy) is 1. The molecule has 0 bridgehead atoms. The Kier molecular flexibility index (Phi) is 6.13. The lowest BCUT2D eigenvalue weighted by Crippen LogP contribution is -2.41. The van der Waals surface area contributed by atoms with E-state index in [1.54, 1.807) is 6.07 Å². The molecule has 116 valence electrons. The number of carbonyl (C=O) groups excluding carboxylic acids is 1. The number of esters is 1. The van der Waals surface area contributed by atoms with Crippen molar-refractivity contribution in [2.75, 3.05) is 7.11 Å². The summed E-state index contributed by atoms with van der Waals surface area (Å²) in [7, 11) is -2.95. The molecule has 0 aliphatic carbocycles. The first-order valence-corrected chi connectivity index (χ1v) is 7.70. The first-order chi connectivity index (χ1) is 9.77. The van der Waals surface area contributed by atoms with Crippen molar-refractivity contribution in [1.29, 1.82) is 0 Å². The van der Waals surface area contributed by atoms with Crippen molar-refractivity contribution in [3.05, 3.63) is 29.3 Å². The smallest absolute Gasteiger partial charge is 0.321 e. The Labute approximate surface area is 126 Å². The van der Waals surface area contributed by atoms with Crippen LogP contribution in [-0.2, 0) is 24.3 Å². The Hall–Kier alpha value is -1.64. The Morgan fingerprint density at radius 1 is 1.38 bits per heavy atom. The molecule has 21 heavy (non-hydrogen) atoms. The lowest BCUT2D eigenvalue weighted by atomic mass is 10.2. The van der Waals surface area contributed by atoms with Crippen molar-refractivity contribution in [3.63, 3.8) is 0 Å². The van der Waals surface area contributed by atoms with Crippen LogP contribution in [0.3, 0.4) is 0 Å². The molecule has 0 amide bonds. The molecule has 0 spiro atoms. The standard InChI is InChI=1S/C12H14ClNO6S/c1-20-11(15)7-6-9(12(16)17)14-21(18,19)10-5-3-2-4-8(10)13/h2-5,9,14H,6-7H2,1H3,(H,16,17)/t9-/m0/s1. The van der Waals surface area contributed by atoms with Crippen LogP contribution >= 0.6 is 11.6 Å². The van der Waals surface area contributed by atoms with Crippen molar-refractivity contribution in [2.45, 2.75) is 23.8 Å². The van der Waals surface area contributed by atoms with Crippen molar-refractivity contribution in [2.24, 2.45) is 0 Å². The van der Waals surface area contributed by atoms with Gasteiger partial charge >= 0.3 is 11.9 Å². The number of hydrogen-bond donors (Lipinski definition) is 2. The number of nitrogens with one attached hydrogen (secondary N) is 1. The van der Waals surface area contributed by atoms with Crippen molar-refractivity contribution in [1.82, 2.24) is 4.72 Å². The fourth-order valence-corrected chi connectivity index (χ4v) is 3.25. The lowest BCUT2D eigenvalue weighted by Gasteiger charge is -2.14. The van der Waals surface area contributed by atoms with Crippen molar-refractivity contribution in [3.8, 4) is 0 Å². The number of carboxylic acids is 1. The normalized spacial score (nSPS) is 12.7. The molecular weight excluding hydrogens is 322 g/mol. The van der Waals surface area contributed by atoms with Crippen LogP contribution in [0.4, 0.5) is 0 Å². The third kappa shape index (κ3) is 5.00. The minimum Gasteiger partial charge on any atom is -0.480 e. The molecule has 0 saturated carbocycles. The molecule has 1 aromatic rings. The Balaban J connectivity index is 2.90. The molecule has 0 unspecified atom stereocenters. The van der Waals surface area contributed by atoms with Gasteiger partial charge in [0, 0.05) is 6.42 Å². The number of benzene rings is 1. The highest BCUT2D eigenvalue weighted by Crippen LogP contribution is 2.20. The van der Waals surface area contributed by atoms with Crippen LogP contribution in [0.2, 0.25) is 5.02 Å². The number of hydrogen-bond acceptors (Lipinski definition) is 5. The number of halogens is 1. The van der Waals surface area contributed by atoms with Crippen LogP contribution < -0.4 is 4.72 Å². The molecular formula is C12H14ClNO6S. The first-order valence-electron chi connectivity index (χ1n) is 5.84. The van der Waals surface area contributed by atoms with Crippen LogP contribution in [0.25, 0.3) is 0 Å². The topological polar surface area (TPSA) is 110 Å². The third-order valence-corrected chi connectivity index (χ3v) is 4.56. The van der Waals surface area contributed by atoms with Crippen molar-refractivity contribution >= 4 is 33.6 Å². The number of sulfonamides is 1. The third-order valence-electron chi connectivity index (χ3n) is 2.59. The van der Waals surface area contributed by atoms with Gasteiger partial charge in [-0.1, -0.05) is 23.7 Å². The zero-order chi connectivity index (χ0) is 16.0. The minimum atomic E-state index is -4.10. The van der Waals surface area contributed by atoms with Gasteiger partial charge in [0.2, 0.25) is 10.0 Å². The quantitative estimate of drug-likeness (QED) is 0.720. The predicted octanol–water partition coefficient (Wildman–Crippen LogP) is 1.02. The predicted molar refractivity (Wildman–Crippen MR) is 74.4 cm³/mol. The van der Waals surface area contributed by atoms with E-state index >= 15 is 0 Å². The fraction of sp³-hybridized carbons (Fsp3) is 0.333. The number of rotatable bonds is 7. The van der Waals surface area contributed by atoms with Gasteiger partial charge in [0.25, 0.3) is 0 Å². The highest BCUT2D eigenvalue weighted by Gasteiger charge is 2.27. The van der Waals surface area contributed by atoms with Gasteiger partial charge < -0.3 is 9.84 Å². The summed E-state index contributed by atoms with van der Waals surface area (Å²) < 4.78 is 30.6. The molecule has 9 heteroatoms. The van der Waals surface area contributed by atoms with E-state index in [-0.39, 0.29) is 22.8 Å². The van der Waals surface area contributed by atoms with Gasteiger partial charge in [0.1, 0.15) is 10.9 Å². The SMILES string of the molecule is COC(=O)CC[C@H](NS(=O)(=O)c1ccccc1Cl)C(=O)O. The first kappa shape index (κ1) is 17.4. The summed E-state index contributed by atoms with van der Waals surface area (Å²) in [6.45, 7) is 0. The Bertz CT molecular complexity index is 630. The second-order valence-electron chi connectivity index (χ2n) is 4.06. The second-order valence-corrected chi connectivity index (χ2v) is 6.15. The van der Waals surface area contributed by atoms with E-state index in [0.29, 0.717) is 0 Å². The Morgan fingerprint density at radius 3 is 2.52 bits per heavy atom. The van der Waals surface area contributed by atoms with E-state index in [0.717, 1.165) is 7.11 Å². The van der Waals surface area contributed by atoms with E-state index in [1.165, 1.54) is 18.2 Å². The fourth-order valence-electron chi connectivity index (χ4n) is 1.51. The average molecular weight is 336 g/mol. The maximum absolute atomic E-state index is 12.1. The molecule has 0 aromatic heterocycles. The Morgan fingerprint density at radius 2 is 2.00 bits per heavy atom. The monoisotopic (exact) mass is 335 g/mol. The summed E-state index contributed by atoms with van der Waals surface area (Å²) in [6, 6.07) is 4.19. The van der Waals surface area contributed by atoms with Crippen LogP contribution in [0.15, 0.2) is 29.2 Å². The molecule has 1 aromatic carbocycles. The molecule has 7 nitrogen and oxygen atoms in total. The molecule has 0 fully saturated rings. The molecule has 0 aliphatic rings. The van der Waals surface area contributed by atoms with Crippen LogP contribution in [-0.4, -0.2) is 38.6 Å². The number of carbonyl (C=O) groups is 2. The van der Waals surface area contributed by atoms with E-state index in [9.17, 15) is 18.0 Å². The van der Waals surface area contributed by atoms with Crippen LogP contribution in [0, 0.1) is 0 Å². The van der Waals surface area contributed by atoms with E-state index in [2.05, 4.69) is 4.74 Å². The van der Waals surface area contributed by atoms with E-state index in [4.69, 9.17) is 16.7 Å². The zero-order valence-corrected chi connectivity index (χ0v) is 12.6. The largest absolute Gasteiger partial charge is 0.480 e. The van der Waals surface area contributed by atoms with Gasteiger partial charge in [0.15, 0.2) is 0 Å². The molecule has 0 saturated heterocycles. The van der Waals surface area contributed by atoms with E-state index in [1.807, 2.05) is 4.72 Å². The van der Waals surface area contributed by atoms with Crippen molar-refractivity contribution < 1.29 is 27.9 Å². The molecule has 0 radical (unpaired) electrons. The number of aliphatic carboxylic acids is 1. The highest BCUT2D eigenvalue weighted by atomic mass is 35.5. The number of carboxylic acid groups (broad SMARTS) is 1. The average Bonchev–Trinajstić information content (AvgIpc) is 2.42. The van der Waals surface area contributed by atoms with Gasteiger partial charge in [-0.15, -0.1) is 0 Å². The molecule has 0 heterocycles. The summed E-state index contributed by atoms with van der Waals surface area (Å²) in [5.41, 5.74) is 0. The lowest BCUT2D eigenvalue weighted by molar-refractivity contribution is -0.142. The van der Waals surface area contributed by atoms with Gasteiger partial charge in [-0.3, -0.25) is 9.59 Å². The maximum Gasteiger partial charge on any atom is 0.321 e. The van der Waals surface area contributed by atoms with Gasteiger partial charge in [0.05, 0.1) is 12.1 Å². The summed E-state index contributed by atoms with van der Waals surface area (Å²) in [5, 5.41) is 9.00. The summed E-state index contributed by atoms with van der Waals surface area (Å²) in [6.07, 6.45) is -0.454. The van der Waals surface area contributed by atoms with Crippen LogP contribution in [0.5, 0.6) is 0 Å². The minimum absolute atomic E-state index is 0.0258. The summed E-state index contributed by atoms with van der Waals surface area (Å²) in [4.78, 5) is 21.9. The van der Waals surface area contributed by atoms with Crippen LogP contribution in [0.1, 0.15) is 12.8 Å². The zero-order valence-electron chi connectivity index (χ0n) is 11.1. The number of methoxy groups -OCH3 is 1. The van der Waals surface area contributed by atoms with Gasteiger partial charge in [-0.25, -0.2) is 8.42 Å². The maximum atomic E-state index is 12.1. The van der Waals surface area contributed by atoms with Gasteiger partial charge in [-0.05, 0) is 18.6 Å². The molecule has 1 rings (SSSR count). The summed E-state index contributed by atoms with van der Waals surface area (Å²) >= 11 is 5.78. The molecule has 0 aliphatic heterocycles. The molecule has 1 atom stereocenters. The highest BCUT2D eigenvalue weighted by molar-refractivity contribution is 7.89. The summed E-state index contributed by atoms with van der Waals surface area (Å²) in [5.74, 6) is -2.02. The van der Waals surface area contributed by atoms with Gasteiger partial charge in [-0.2, -0.15) is 4.72 Å². The van der Waals surface area contributed by atoms with E-state index < -0.39 is 28.0 Å². The second kappa shape index (κ2) is 7.39. The molecule has 2 N–H and O–H groups in total.